The van der Waals surface area contributed by atoms with Crippen molar-refractivity contribution < 1.29 is 22.1 Å². The number of rotatable bonds is 10. The van der Waals surface area contributed by atoms with E-state index >= 15 is 0 Å². The maximum atomic E-state index is 12.8. The van der Waals surface area contributed by atoms with E-state index in [1.165, 1.54) is 14.1 Å². The molecule has 4 N–H and O–H groups in total. The van der Waals surface area contributed by atoms with Gasteiger partial charge in [0.1, 0.15) is 11.6 Å². The molecule has 2 aromatic carbocycles. The number of ether oxygens (including phenoxy) is 2. The van der Waals surface area contributed by atoms with Crippen molar-refractivity contribution in [3.05, 3.63) is 59.3 Å². The van der Waals surface area contributed by atoms with E-state index in [4.69, 9.17) is 25.1 Å². The first-order chi connectivity index (χ1) is 18.2. The van der Waals surface area contributed by atoms with E-state index in [9.17, 15) is 8.42 Å². The number of benzene rings is 2. The molecule has 1 fully saturated rings. The van der Waals surface area contributed by atoms with Crippen molar-refractivity contribution in [3.8, 4) is 22.6 Å². The van der Waals surface area contributed by atoms with E-state index in [0.29, 0.717) is 35.5 Å². The highest BCUT2D eigenvalue weighted by Crippen LogP contribution is 2.41. The maximum absolute atomic E-state index is 12.8. The second-order valence-electron chi connectivity index (χ2n) is 9.12. The molecular weight excluding hydrogens is 508 g/mol. The lowest BCUT2D eigenvalue weighted by molar-refractivity contribution is 0.0342. The standard InChI is InChI=1S/C26H34N6O5S/c1-4-36-22-14-19(13-21-16-29-26(28)30-25(21)27)15-23(37-38(33,34)31(2)3)24(22)20-7-5-18(6-8-20)17-32-9-11-35-12-10-32/h5-8,14-16H,4,9-13,17H2,1-3H3,(H4,27,28,29,30). The van der Waals surface area contributed by atoms with E-state index in [1.807, 2.05) is 37.3 Å². The minimum Gasteiger partial charge on any atom is -0.493 e. The highest BCUT2D eigenvalue weighted by Gasteiger charge is 2.23. The molecule has 38 heavy (non-hydrogen) atoms. The molecule has 0 bridgehead atoms. The van der Waals surface area contributed by atoms with Gasteiger partial charge in [0.2, 0.25) is 5.95 Å². The molecule has 0 radical (unpaired) electrons. The predicted molar refractivity (Wildman–Crippen MR) is 146 cm³/mol. The molecule has 1 aliphatic heterocycles. The minimum atomic E-state index is -4.05. The van der Waals surface area contributed by atoms with E-state index < -0.39 is 10.3 Å². The molecule has 11 nitrogen and oxygen atoms in total. The van der Waals surface area contributed by atoms with Gasteiger partial charge in [-0.15, -0.1) is 0 Å². The van der Waals surface area contributed by atoms with Crippen LogP contribution in [0.3, 0.4) is 0 Å². The molecule has 12 heteroatoms. The van der Waals surface area contributed by atoms with Crippen molar-refractivity contribution in [2.75, 3.05) is 58.5 Å². The lowest BCUT2D eigenvalue weighted by Gasteiger charge is -2.26. The van der Waals surface area contributed by atoms with Crippen LogP contribution in [0.2, 0.25) is 0 Å². The van der Waals surface area contributed by atoms with Gasteiger partial charge in [-0.25, -0.2) is 4.98 Å². The Morgan fingerprint density at radius 1 is 1.05 bits per heavy atom. The van der Waals surface area contributed by atoms with E-state index in [-0.39, 0.29) is 17.5 Å². The molecule has 0 aliphatic carbocycles. The van der Waals surface area contributed by atoms with Gasteiger partial charge in [0, 0.05) is 51.9 Å². The summed E-state index contributed by atoms with van der Waals surface area (Å²) in [4.78, 5) is 10.4. The summed E-state index contributed by atoms with van der Waals surface area (Å²) < 4.78 is 43.6. The number of anilines is 2. The van der Waals surface area contributed by atoms with Crippen molar-refractivity contribution in [2.45, 2.75) is 19.9 Å². The summed E-state index contributed by atoms with van der Waals surface area (Å²) in [5.74, 6) is 0.967. The van der Waals surface area contributed by atoms with Gasteiger partial charge < -0.3 is 25.1 Å². The summed E-state index contributed by atoms with van der Waals surface area (Å²) in [6.07, 6.45) is 1.87. The Bertz CT molecular complexity index is 1360. The first kappa shape index (κ1) is 27.6. The van der Waals surface area contributed by atoms with Crippen LogP contribution in [0.25, 0.3) is 11.1 Å². The average molecular weight is 543 g/mol. The van der Waals surface area contributed by atoms with Gasteiger partial charge in [-0.2, -0.15) is 17.7 Å². The van der Waals surface area contributed by atoms with Crippen LogP contribution in [0.4, 0.5) is 11.8 Å². The molecule has 4 rings (SSSR count). The molecule has 1 saturated heterocycles. The van der Waals surface area contributed by atoms with Crippen molar-refractivity contribution in [1.29, 1.82) is 0 Å². The Labute approximate surface area is 223 Å². The minimum absolute atomic E-state index is 0.0785. The molecule has 0 spiro atoms. The zero-order valence-corrected chi connectivity index (χ0v) is 22.7. The van der Waals surface area contributed by atoms with E-state index in [1.54, 1.807) is 12.3 Å². The lowest BCUT2D eigenvalue weighted by Crippen LogP contribution is -2.35. The van der Waals surface area contributed by atoms with E-state index in [0.717, 1.165) is 48.3 Å². The van der Waals surface area contributed by atoms with Crippen molar-refractivity contribution >= 4 is 22.1 Å². The lowest BCUT2D eigenvalue weighted by atomic mass is 9.97. The molecule has 1 aliphatic rings. The van der Waals surface area contributed by atoms with Gasteiger partial charge in [0.15, 0.2) is 5.75 Å². The van der Waals surface area contributed by atoms with Crippen LogP contribution in [0.5, 0.6) is 11.5 Å². The quantitative estimate of drug-likeness (QED) is 0.391. The third-order valence-corrected chi connectivity index (χ3v) is 7.42. The van der Waals surface area contributed by atoms with Crippen LogP contribution in [0.1, 0.15) is 23.6 Å². The zero-order valence-electron chi connectivity index (χ0n) is 21.9. The van der Waals surface area contributed by atoms with Crippen LogP contribution < -0.4 is 20.4 Å². The fourth-order valence-corrected chi connectivity index (χ4v) is 4.65. The summed E-state index contributed by atoms with van der Waals surface area (Å²) >= 11 is 0. The van der Waals surface area contributed by atoms with Gasteiger partial charge >= 0.3 is 10.3 Å². The van der Waals surface area contributed by atoms with Gasteiger partial charge in [0.05, 0.1) is 25.4 Å². The fraction of sp³-hybridized carbons (Fsp3) is 0.385. The Hall–Kier alpha value is -3.45. The van der Waals surface area contributed by atoms with Crippen molar-refractivity contribution in [3.63, 3.8) is 0 Å². The Morgan fingerprint density at radius 3 is 2.37 bits per heavy atom. The number of nitrogens with two attached hydrogens (primary N) is 2. The Balaban J connectivity index is 1.75. The predicted octanol–water partition coefficient (Wildman–Crippen LogP) is 2.31. The van der Waals surface area contributed by atoms with Gasteiger partial charge in [-0.3, -0.25) is 4.90 Å². The largest absolute Gasteiger partial charge is 0.493 e. The SMILES string of the molecule is CCOc1cc(Cc2cnc(N)nc2N)cc(OS(=O)(=O)N(C)C)c1-c1ccc(CN2CCOCC2)cc1. The molecule has 0 amide bonds. The van der Waals surface area contributed by atoms with Gasteiger partial charge in [-0.1, -0.05) is 24.3 Å². The third-order valence-electron chi connectivity index (χ3n) is 6.13. The maximum Gasteiger partial charge on any atom is 0.384 e. The highest BCUT2D eigenvalue weighted by molar-refractivity contribution is 7.84. The molecule has 0 saturated carbocycles. The molecule has 0 unspecified atom stereocenters. The van der Waals surface area contributed by atoms with E-state index in [2.05, 4.69) is 14.9 Å². The van der Waals surface area contributed by atoms with Crippen molar-refractivity contribution in [2.24, 2.45) is 0 Å². The summed E-state index contributed by atoms with van der Waals surface area (Å²) in [5.41, 5.74) is 15.5. The molecule has 1 aromatic heterocycles. The molecule has 2 heterocycles. The molecule has 204 valence electrons. The number of nitrogen functional groups attached to an aromatic ring is 2. The monoisotopic (exact) mass is 542 g/mol. The second-order valence-corrected chi connectivity index (χ2v) is 10.9. The number of aromatic nitrogens is 2. The van der Waals surface area contributed by atoms with Crippen LogP contribution in [-0.4, -0.2) is 74.6 Å². The number of hydrogen-bond donors (Lipinski definition) is 2. The molecule has 3 aromatic rings. The zero-order chi connectivity index (χ0) is 27.3. The first-order valence-electron chi connectivity index (χ1n) is 12.3. The second kappa shape index (κ2) is 11.9. The fourth-order valence-electron chi connectivity index (χ4n) is 4.14. The summed E-state index contributed by atoms with van der Waals surface area (Å²) in [6.45, 7) is 6.30. The normalized spacial score (nSPS) is 14.5. The van der Waals surface area contributed by atoms with Crippen molar-refractivity contribution in [1.82, 2.24) is 19.2 Å². The Morgan fingerprint density at radius 2 is 1.74 bits per heavy atom. The summed E-state index contributed by atoms with van der Waals surface area (Å²) in [5, 5.41) is 0. The third kappa shape index (κ3) is 6.70. The van der Waals surface area contributed by atoms with Crippen LogP contribution >= 0.6 is 0 Å². The first-order valence-corrected chi connectivity index (χ1v) is 13.7. The van der Waals surface area contributed by atoms with Crippen LogP contribution in [0.15, 0.2) is 42.6 Å². The summed E-state index contributed by atoms with van der Waals surface area (Å²) in [7, 11) is -1.23. The number of nitrogens with zero attached hydrogens (tertiary/aromatic N) is 4. The van der Waals surface area contributed by atoms with Crippen LogP contribution in [0, 0.1) is 0 Å². The number of morpholine rings is 1. The van der Waals surface area contributed by atoms with Gasteiger partial charge in [-0.05, 0) is 35.7 Å². The number of hydrogen-bond acceptors (Lipinski definition) is 10. The Kier molecular flexibility index (Phi) is 8.67. The molecule has 0 atom stereocenters. The highest BCUT2D eigenvalue weighted by atomic mass is 32.2. The smallest absolute Gasteiger partial charge is 0.384 e. The topological polar surface area (TPSA) is 146 Å². The van der Waals surface area contributed by atoms with Gasteiger partial charge in [0.25, 0.3) is 0 Å². The summed E-state index contributed by atoms with van der Waals surface area (Å²) in [6, 6.07) is 11.5. The average Bonchev–Trinajstić information content (AvgIpc) is 2.87. The molecular formula is C26H34N6O5S. The van der Waals surface area contributed by atoms with Crippen LogP contribution in [-0.2, 0) is 28.0 Å².